The Morgan fingerprint density at radius 3 is 2.71 bits per heavy atom. The molecular formula is C11H12O3. The summed E-state index contributed by atoms with van der Waals surface area (Å²) in [4.78, 5) is 10.7. The van der Waals surface area contributed by atoms with E-state index in [1.807, 2.05) is 18.2 Å². The summed E-state index contributed by atoms with van der Waals surface area (Å²) in [7, 11) is 0. The molecule has 1 aromatic carbocycles. The highest BCUT2D eigenvalue weighted by molar-refractivity contribution is 5.81. The summed E-state index contributed by atoms with van der Waals surface area (Å²) in [6, 6.07) is 9.02. The third-order valence-corrected chi connectivity index (χ3v) is 1.73. The third-order valence-electron chi connectivity index (χ3n) is 1.73. The van der Waals surface area contributed by atoms with Crippen molar-refractivity contribution < 1.29 is 14.6 Å². The summed E-state index contributed by atoms with van der Waals surface area (Å²) in [5.41, 5.74) is 0.726. The fourth-order valence-corrected chi connectivity index (χ4v) is 0.991. The van der Waals surface area contributed by atoms with Gasteiger partial charge in [-0.3, -0.25) is 0 Å². The predicted molar refractivity (Wildman–Crippen MR) is 52.6 cm³/mol. The number of rotatable bonds is 4. The number of aliphatic hydroxyl groups is 1. The van der Waals surface area contributed by atoms with Gasteiger partial charge in [-0.05, 0) is 5.56 Å². The van der Waals surface area contributed by atoms with E-state index in [9.17, 15) is 9.90 Å². The topological polar surface area (TPSA) is 46.5 Å². The number of hydrogen-bond donors (Lipinski definition) is 1. The summed E-state index contributed by atoms with van der Waals surface area (Å²) in [5, 5.41) is 9.55. The van der Waals surface area contributed by atoms with Gasteiger partial charge in [0.05, 0.1) is 0 Å². The van der Waals surface area contributed by atoms with Crippen LogP contribution in [0.2, 0.25) is 0 Å². The van der Waals surface area contributed by atoms with Crippen molar-refractivity contribution in [1.82, 2.24) is 0 Å². The zero-order valence-electron chi connectivity index (χ0n) is 7.72. The van der Waals surface area contributed by atoms with E-state index in [0.29, 0.717) is 0 Å². The van der Waals surface area contributed by atoms with E-state index in [1.54, 1.807) is 12.1 Å². The van der Waals surface area contributed by atoms with E-state index < -0.39 is 12.1 Å². The number of benzene rings is 1. The first-order chi connectivity index (χ1) is 6.74. The Kier molecular flexibility index (Phi) is 3.88. The van der Waals surface area contributed by atoms with Crippen molar-refractivity contribution in [2.45, 2.75) is 6.10 Å². The van der Waals surface area contributed by atoms with E-state index >= 15 is 0 Å². The lowest BCUT2D eigenvalue weighted by Gasteiger charge is -2.10. The molecule has 1 N–H and O–H groups in total. The number of carbonyl (C=O) groups is 1. The molecule has 3 heteroatoms. The maximum absolute atomic E-state index is 10.7. The molecule has 74 valence electrons. The highest BCUT2D eigenvalue weighted by atomic mass is 16.5. The first kappa shape index (κ1) is 10.5. The summed E-state index contributed by atoms with van der Waals surface area (Å²) in [6.07, 6.45) is 0.289. The van der Waals surface area contributed by atoms with Crippen molar-refractivity contribution in [1.29, 1.82) is 0 Å². The van der Waals surface area contributed by atoms with Gasteiger partial charge in [0.1, 0.15) is 12.7 Å². The second-order valence-electron chi connectivity index (χ2n) is 2.76. The molecule has 0 fully saturated rings. The van der Waals surface area contributed by atoms with E-state index in [0.717, 1.165) is 11.6 Å². The van der Waals surface area contributed by atoms with Gasteiger partial charge in [0, 0.05) is 6.08 Å². The molecule has 0 bridgehead atoms. The number of hydrogen-bond acceptors (Lipinski definition) is 3. The molecule has 0 amide bonds. The lowest BCUT2D eigenvalue weighted by atomic mass is 10.1. The van der Waals surface area contributed by atoms with Gasteiger partial charge >= 0.3 is 5.97 Å². The van der Waals surface area contributed by atoms with Crippen LogP contribution in [-0.2, 0) is 9.53 Å². The second kappa shape index (κ2) is 5.19. The molecule has 0 aliphatic carbocycles. The van der Waals surface area contributed by atoms with Gasteiger partial charge in [0.25, 0.3) is 0 Å². The van der Waals surface area contributed by atoms with E-state index in [4.69, 9.17) is 4.74 Å². The smallest absolute Gasteiger partial charge is 0.330 e. The van der Waals surface area contributed by atoms with Crippen LogP contribution in [0.15, 0.2) is 43.0 Å². The lowest BCUT2D eigenvalue weighted by Crippen LogP contribution is -2.10. The van der Waals surface area contributed by atoms with Gasteiger partial charge in [0.15, 0.2) is 0 Å². The average Bonchev–Trinajstić information content (AvgIpc) is 2.26. The van der Waals surface area contributed by atoms with Gasteiger partial charge in [0.2, 0.25) is 0 Å². The highest BCUT2D eigenvalue weighted by Gasteiger charge is 2.08. The van der Waals surface area contributed by atoms with Crippen LogP contribution in [0.4, 0.5) is 0 Å². The Morgan fingerprint density at radius 2 is 2.14 bits per heavy atom. The number of aliphatic hydroxyl groups excluding tert-OH is 1. The normalized spacial score (nSPS) is 11.8. The van der Waals surface area contributed by atoms with Crippen molar-refractivity contribution >= 4 is 5.97 Å². The zero-order chi connectivity index (χ0) is 10.4. The first-order valence-electron chi connectivity index (χ1n) is 4.26. The van der Waals surface area contributed by atoms with Crippen LogP contribution < -0.4 is 0 Å². The van der Waals surface area contributed by atoms with Gasteiger partial charge in [-0.15, -0.1) is 0 Å². The van der Waals surface area contributed by atoms with Crippen molar-refractivity contribution in [3.63, 3.8) is 0 Å². The van der Waals surface area contributed by atoms with Crippen molar-refractivity contribution in [2.24, 2.45) is 0 Å². The highest BCUT2D eigenvalue weighted by Crippen LogP contribution is 2.11. The SMILES string of the molecule is C=CC(=O)OC[C@@H](O)c1ccccc1. The molecule has 0 heterocycles. The van der Waals surface area contributed by atoms with Crippen molar-refractivity contribution in [3.05, 3.63) is 48.6 Å². The summed E-state index contributed by atoms with van der Waals surface area (Å²) in [6.45, 7) is 3.21. The largest absolute Gasteiger partial charge is 0.459 e. The molecule has 0 saturated heterocycles. The van der Waals surface area contributed by atoms with Crippen LogP contribution in [0.25, 0.3) is 0 Å². The molecule has 0 saturated carbocycles. The summed E-state index contributed by atoms with van der Waals surface area (Å²) >= 11 is 0. The molecule has 0 radical (unpaired) electrons. The number of ether oxygens (including phenoxy) is 1. The van der Waals surface area contributed by atoms with E-state index in [-0.39, 0.29) is 6.61 Å². The fraction of sp³-hybridized carbons (Fsp3) is 0.182. The van der Waals surface area contributed by atoms with Crippen LogP contribution in [0.5, 0.6) is 0 Å². The minimum absolute atomic E-state index is 0.0468. The van der Waals surface area contributed by atoms with E-state index in [1.165, 1.54) is 0 Å². The summed E-state index contributed by atoms with van der Waals surface area (Å²) < 4.78 is 4.70. The maximum atomic E-state index is 10.7. The molecule has 1 atom stereocenters. The third kappa shape index (κ3) is 3.03. The van der Waals surface area contributed by atoms with Crippen molar-refractivity contribution in [3.8, 4) is 0 Å². The van der Waals surface area contributed by atoms with Crippen LogP contribution in [0.1, 0.15) is 11.7 Å². The Hall–Kier alpha value is -1.61. The van der Waals surface area contributed by atoms with Gasteiger partial charge < -0.3 is 9.84 Å². The van der Waals surface area contributed by atoms with E-state index in [2.05, 4.69) is 6.58 Å². The first-order valence-corrected chi connectivity index (χ1v) is 4.26. The Labute approximate surface area is 82.6 Å². The van der Waals surface area contributed by atoms with Crippen LogP contribution in [-0.4, -0.2) is 17.7 Å². The fourth-order valence-electron chi connectivity index (χ4n) is 0.991. The molecule has 1 rings (SSSR count). The zero-order valence-corrected chi connectivity index (χ0v) is 7.72. The Balaban J connectivity index is 2.47. The van der Waals surface area contributed by atoms with Crippen molar-refractivity contribution in [2.75, 3.05) is 6.61 Å². The molecule has 0 unspecified atom stereocenters. The lowest BCUT2D eigenvalue weighted by molar-refractivity contribution is -0.140. The maximum Gasteiger partial charge on any atom is 0.330 e. The molecule has 0 aromatic heterocycles. The average molecular weight is 192 g/mol. The Bertz CT molecular complexity index is 306. The van der Waals surface area contributed by atoms with Crippen LogP contribution >= 0.6 is 0 Å². The molecule has 14 heavy (non-hydrogen) atoms. The molecular weight excluding hydrogens is 180 g/mol. The summed E-state index contributed by atoms with van der Waals surface area (Å²) in [5.74, 6) is -0.528. The Morgan fingerprint density at radius 1 is 1.50 bits per heavy atom. The molecule has 1 aromatic rings. The monoisotopic (exact) mass is 192 g/mol. The predicted octanol–water partition coefficient (Wildman–Crippen LogP) is 1.45. The second-order valence-corrected chi connectivity index (χ2v) is 2.76. The van der Waals surface area contributed by atoms with Gasteiger partial charge in [-0.2, -0.15) is 0 Å². The molecule has 3 nitrogen and oxygen atoms in total. The molecule has 0 aliphatic rings. The quantitative estimate of drug-likeness (QED) is 0.580. The molecule has 0 aliphatic heterocycles. The van der Waals surface area contributed by atoms with Gasteiger partial charge in [-0.25, -0.2) is 4.79 Å². The van der Waals surface area contributed by atoms with Crippen LogP contribution in [0.3, 0.4) is 0 Å². The van der Waals surface area contributed by atoms with Gasteiger partial charge in [-0.1, -0.05) is 36.9 Å². The molecule has 0 spiro atoms. The number of carbonyl (C=O) groups excluding carboxylic acids is 1. The van der Waals surface area contributed by atoms with Crippen LogP contribution in [0, 0.1) is 0 Å². The minimum Gasteiger partial charge on any atom is -0.459 e. The number of esters is 1. The standard InChI is InChI=1S/C11H12O3/c1-2-11(13)14-8-10(12)9-6-4-3-5-7-9/h2-7,10,12H,1,8H2/t10-/m1/s1. The minimum atomic E-state index is -0.778.